The minimum atomic E-state index is -0.384. The Kier molecular flexibility index (Phi) is 4.84. The van der Waals surface area contributed by atoms with Crippen molar-refractivity contribution >= 4 is 17.5 Å². The van der Waals surface area contributed by atoms with Crippen LogP contribution in [0.3, 0.4) is 0 Å². The standard InChI is InChI=1S/C17H23NO4/c1-5-22-17(21)15-11(3)14-13(18(15)4)9-8-12(16(14)20)7-6-10(2)19/h12H,5-9H2,1-4H3/t12-/m0/s1. The maximum atomic E-state index is 12.7. The number of fused-ring (bicyclic) bond motifs is 1. The topological polar surface area (TPSA) is 65.4 Å². The smallest absolute Gasteiger partial charge is 0.355 e. The number of nitrogens with zero attached hydrogens (tertiary/aromatic N) is 1. The van der Waals surface area contributed by atoms with Gasteiger partial charge in [-0.05, 0) is 45.6 Å². The fraction of sp³-hybridized carbons (Fsp3) is 0.588. The lowest BCUT2D eigenvalue weighted by molar-refractivity contribution is -0.117. The molecule has 0 unspecified atom stereocenters. The monoisotopic (exact) mass is 305 g/mol. The van der Waals surface area contributed by atoms with Crippen molar-refractivity contribution in [1.29, 1.82) is 0 Å². The summed E-state index contributed by atoms with van der Waals surface area (Å²) < 4.78 is 6.89. The highest BCUT2D eigenvalue weighted by Gasteiger charge is 2.34. The number of rotatable bonds is 5. The van der Waals surface area contributed by atoms with E-state index in [2.05, 4.69) is 0 Å². The summed E-state index contributed by atoms with van der Waals surface area (Å²) in [5, 5.41) is 0. The Morgan fingerprint density at radius 1 is 1.36 bits per heavy atom. The zero-order valence-corrected chi connectivity index (χ0v) is 13.7. The van der Waals surface area contributed by atoms with E-state index in [9.17, 15) is 14.4 Å². The van der Waals surface area contributed by atoms with Crippen molar-refractivity contribution in [2.24, 2.45) is 13.0 Å². The van der Waals surface area contributed by atoms with Gasteiger partial charge in [0.2, 0.25) is 0 Å². The molecular formula is C17H23NO4. The van der Waals surface area contributed by atoms with Gasteiger partial charge in [-0.3, -0.25) is 4.79 Å². The first-order chi connectivity index (χ1) is 10.4. The normalized spacial score (nSPS) is 17.3. The molecule has 5 nitrogen and oxygen atoms in total. The number of carbonyl (C=O) groups is 3. The number of ketones is 2. The first-order valence-electron chi connectivity index (χ1n) is 7.77. The molecule has 0 amide bonds. The SMILES string of the molecule is CCOC(=O)c1c(C)c2c(n1C)CC[C@H](CCC(C)=O)C2=O. The Labute approximate surface area is 130 Å². The largest absolute Gasteiger partial charge is 0.461 e. The van der Waals surface area contributed by atoms with Gasteiger partial charge in [0.05, 0.1) is 6.61 Å². The third kappa shape index (κ3) is 2.85. The molecule has 120 valence electrons. The van der Waals surface area contributed by atoms with Crippen molar-refractivity contribution in [2.75, 3.05) is 6.61 Å². The van der Waals surface area contributed by atoms with Gasteiger partial charge in [0.1, 0.15) is 11.5 Å². The third-order valence-corrected chi connectivity index (χ3v) is 4.42. The molecule has 2 rings (SSSR count). The van der Waals surface area contributed by atoms with E-state index in [1.54, 1.807) is 32.4 Å². The highest BCUT2D eigenvalue weighted by molar-refractivity contribution is 6.04. The molecule has 1 heterocycles. The van der Waals surface area contributed by atoms with Crippen LogP contribution in [-0.4, -0.2) is 28.7 Å². The van der Waals surface area contributed by atoms with Gasteiger partial charge in [0.15, 0.2) is 5.78 Å². The molecule has 22 heavy (non-hydrogen) atoms. The van der Waals surface area contributed by atoms with Gasteiger partial charge in [-0.15, -0.1) is 0 Å². The van der Waals surface area contributed by atoms with E-state index in [-0.39, 0.29) is 23.5 Å². The van der Waals surface area contributed by atoms with Gasteiger partial charge in [0, 0.05) is 30.6 Å². The fourth-order valence-corrected chi connectivity index (χ4v) is 3.30. The molecule has 0 saturated carbocycles. The second-order valence-corrected chi connectivity index (χ2v) is 5.92. The van der Waals surface area contributed by atoms with Crippen LogP contribution in [0.5, 0.6) is 0 Å². The van der Waals surface area contributed by atoms with E-state index in [0.29, 0.717) is 36.3 Å². The molecule has 1 aromatic heterocycles. The van der Waals surface area contributed by atoms with Crippen molar-refractivity contribution in [3.8, 4) is 0 Å². The summed E-state index contributed by atoms with van der Waals surface area (Å²) >= 11 is 0. The van der Waals surface area contributed by atoms with Crippen molar-refractivity contribution in [2.45, 2.75) is 46.5 Å². The lowest BCUT2D eigenvalue weighted by Gasteiger charge is -2.22. The quantitative estimate of drug-likeness (QED) is 0.784. The third-order valence-electron chi connectivity index (χ3n) is 4.42. The van der Waals surface area contributed by atoms with Crippen LogP contribution in [0, 0.1) is 12.8 Å². The summed E-state index contributed by atoms with van der Waals surface area (Å²) in [4.78, 5) is 36.0. The highest BCUT2D eigenvalue weighted by atomic mass is 16.5. The van der Waals surface area contributed by atoms with Gasteiger partial charge in [0.25, 0.3) is 0 Å². The first-order valence-corrected chi connectivity index (χ1v) is 7.77. The molecular weight excluding hydrogens is 282 g/mol. The van der Waals surface area contributed by atoms with Crippen LogP contribution in [0.15, 0.2) is 0 Å². The molecule has 1 aromatic rings. The average Bonchev–Trinajstić information content (AvgIpc) is 2.70. The molecule has 0 spiro atoms. The van der Waals surface area contributed by atoms with Crippen LogP contribution in [0.2, 0.25) is 0 Å². The maximum Gasteiger partial charge on any atom is 0.355 e. The molecule has 1 aliphatic carbocycles. The Morgan fingerprint density at radius 2 is 2.05 bits per heavy atom. The van der Waals surface area contributed by atoms with E-state index in [1.807, 2.05) is 0 Å². The Balaban J connectivity index is 2.35. The second kappa shape index (κ2) is 6.46. The minimum absolute atomic E-state index is 0.0612. The van der Waals surface area contributed by atoms with Crippen LogP contribution >= 0.6 is 0 Å². The number of aromatic nitrogens is 1. The molecule has 0 N–H and O–H groups in total. The number of carbonyl (C=O) groups excluding carboxylic acids is 3. The van der Waals surface area contributed by atoms with Crippen LogP contribution in [-0.2, 0) is 23.0 Å². The number of hydrogen-bond donors (Lipinski definition) is 0. The van der Waals surface area contributed by atoms with Crippen molar-refractivity contribution < 1.29 is 19.1 Å². The fourth-order valence-electron chi connectivity index (χ4n) is 3.30. The summed E-state index contributed by atoms with van der Waals surface area (Å²) in [6.45, 7) is 5.42. The van der Waals surface area contributed by atoms with Gasteiger partial charge in [-0.25, -0.2) is 4.79 Å². The van der Waals surface area contributed by atoms with Crippen LogP contribution in [0.4, 0.5) is 0 Å². The molecule has 0 saturated heterocycles. The molecule has 0 aliphatic heterocycles. The predicted molar refractivity (Wildman–Crippen MR) is 82.2 cm³/mol. The van der Waals surface area contributed by atoms with Crippen molar-refractivity contribution in [1.82, 2.24) is 4.57 Å². The van der Waals surface area contributed by atoms with Crippen LogP contribution in [0.25, 0.3) is 0 Å². The summed E-state index contributed by atoms with van der Waals surface area (Å²) in [6, 6.07) is 0. The number of esters is 1. The Hall–Kier alpha value is -1.91. The van der Waals surface area contributed by atoms with Gasteiger partial charge in [-0.1, -0.05) is 0 Å². The zero-order chi connectivity index (χ0) is 16.4. The molecule has 1 aliphatic rings. The lowest BCUT2D eigenvalue weighted by Crippen LogP contribution is -2.24. The van der Waals surface area contributed by atoms with Gasteiger partial charge in [-0.2, -0.15) is 0 Å². The summed E-state index contributed by atoms with van der Waals surface area (Å²) in [7, 11) is 1.81. The second-order valence-electron chi connectivity index (χ2n) is 5.92. The molecule has 1 atom stereocenters. The molecule has 0 bridgehead atoms. The van der Waals surface area contributed by atoms with Crippen molar-refractivity contribution in [3.63, 3.8) is 0 Å². The summed E-state index contributed by atoms with van der Waals surface area (Å²) in [6.07, 6.45) is 2.51. The number of hydrogen-bond acceptors (Lipinski definition) is 4. The van der Waals surface area contributed by atoms with Gasteiger partial charge < -0.3 is 14.1 Å². The van der Waals surface area contributed by atoms with Gasteiger partial charge >= 0.3 is 5.97 Å². The summed E-state index contributed by atoms with van der Waals surface area (Å²) in [5.74, 6) is -0.334. The van der Waals surface area contributed by atoms with E-state index in [1.165, 1.54) is 0 Å². The molecule has 0 fully saturated rings. The Bertz CT molecular complexity index is 627. The molecule has 5 heteroatoms. The van der Waals surface area contributed by atoms with E-state index in [0.717, 1.165) is 18.5 Å². The van der Waals surface area contributed by atoms with E-state index < -0.39 is 0 Å². The van der Waals surface area contributed by atoms with Crippen molar-refractivity contribution in [3.05, 3.63) is 22.5 Å². The number of Topliss-reactive ketones (excluding diaryl/α,β-unsaturated/α-hetero) is 2. The predicted octanol–water partition coefficient (Wildman–Crippen LogP) is 2.62. The highest BCUT2D eigenvalue weighted by Crippen LogP contribution is 2.33. The maximum absolute atomic E-state index is 12.7. The Morgan fingerprint density at radius 3 is 2.64 bits per heavy atom. The minimum Gasteiger partial charge on any atom is -0.461 e. The zero-order valence-electron chi connectivity index (χ0n) is 13.7. The molecule has 0 aromatic carbocycles. The first kappa shape index (κ1) is 16.5. The number of ether oxygens (including phenoxy) is 1. The van der Waals surface area contributed by atoms with E-state index in [4.69, 9.17) is 4.74 Å². The van der Waals surface area contributed by atoms with Crippen LogP contribution < -0.4 is 0 Å². The summed E-state index contributed by atoms with van der Waals surface area (Å²) in [5.41, 5.74) is 2.73. The average molecular weight is 305 g/mol. The lowest BCUT2D eigenvalue weighted by atomic mass is 9.82. The van der Waals surface area contributed by atoms with E-state index >= 15 is 0 Å². The molecule has 0 radical (unpaired) electrons. The van der Waals surface area contributed by atoms with Crippen LogP contribution in [0.1, 0.15) is 65.2 Å².